The first-order valence-electron chi connectivity index (χ1n) is 15.8. The average molecular weight is 591 g/mol. The van der Waals surface area contributed by atoms with Crippen LogP contribution in [0.2, 0.25) is 0 Å². The van der Waals surface area contributed by atoms with Crippen molar-refractivity contribution in [1.82, 2.24) is 0 Å². The van der Waals surface area contributed by atoms with E-state index in [4.69, 9.17) is 23.7 Å². The standard InChI is InChI=1S/C30H54O11/c1-2-3-4-5-6-7-8-9-10-11-12-13-14-15-16-17-22-37-19-21-28(40-22)25(34)27(36)30(39-21)41-29-26(35)24(33)23(32)20(18-31)38-29/h9-10,20-36H,2-8,11-19H2,1H3/b10-9-. The van der Waals surface area contributed by atoms with Crippen LogP contribution in [0, 0.1) is 0 Å². The first-order valence-corrected chi connectivity index (χ1v) is 15.8. The van der Waals surface area contributed by atoms with E-state index < -0.39 is 74.3 Å². The van der Waals surface area contributed by atoms with Crippen molar-refractivity contribution in [2.45, 2.75) is 165 Å². The molecule has 3 aliphatic rings. The van der Waals surface area contributed by atoms with Crippen molar-refractivity contribution in [3.8, 4) is 0 Å². The molecule has 3 rings (SSSR count). The SMILES string of the molecule is CCCCCCCC/C=C\CCCCCCCC1OCC2OC(OC3OC(CO)C(O)C(O)C3O)C(O)C(O)C2O1. The lowest BCUT2D eigenvalue weighted by Crippen LogP contribution is -2.65. The fraction of sp³-hybridized carbons (Fsp3) is 0.933. The summed E-state index contributed by atoms with van der Waals surface area (Å²) in [6.07, 6.45) is 7.34. The summed E-state index contributed by atoms with van der Waals surface area (Å²) in [5, 5.41) is 60.8. The van der Waals surface area contributed by atoms with Crippen LogP contribution in [0.1, 0.15) is 96.8 Å². The minimum Gasteiger partial charge on any atom is -0.394 e. The van der Waals surface area contributed by atoms with E-state index in [2.05, 4.69) is 19.1 Å². The molecule has 3 fully saturated rings. The van der Waals surface area contributed by atoms with Crippen LogP contribution >= 0.6 is 0 Å². The summed E-state index contributed by atoms with van der Waals surface area (Å²) in [5.41, 5.74) is 0. The summed E-state index contributed by atoms with van der Waals surface area (Å²) < 4.78 is 28.3. The Morgan fingerprint density at radius 1 is 0.659 bits per heavy atom. The molecule has 3 heterocycles. The van der Waals surface area contributed by atoms with Gasteiger partial charge in [0.05, 0.1) is 13.2 Å². The molecule has 0 saturated carbocycles. The molecule has 0 radical (unpaired) electrons. The van der Waals surface area contributed by atoms with E-state index in [1.165, 1.54) is 57.8 Å². The van der Waals surface area contributed by atoms with Crippen LogP contribution in [0.3, 0.4) is 0 Å². The van der Waals surface area contributed by atoms with Crippen molar-refractivity contribution >= 4 is 0 Å². The maximum absolute atomic E-state index is 10.7. The van der Waals surface area contributed by atoms with Gasteiger partial charge in [-0.25, -0.2) is 0 Å². The van der Waals surface area contributed by atoms with Gasteiger partial charge in [0.1, 0.15) is 48.8 Å². The Hall–Kier alpha value is -0.700. The summed E-state index contributed by atoms with van der Waals surface area (Å²) in [6.45, 7) is 1.75. The van der Waals surface area contributed by atoms with Gasteiger partial charge in [-0.3, -0.25) is 0 Å². The monoisotopic (exact) mass is 590 g/mol. The van der Waals surface area contributed by atoms with E-state index in [0.717, 1.165) is 25.7 Å². The zero-order valence-corrected chi connectivity index (χ0v) is 24.5. The molecule has 41 heavy (non-hydrogen) atoms. The molecule has 0 aliphatic carbocycles. The van der Waals surface area contributed by atoms with Gasteiger partial charge in [-0.2, -0.15) is 0 Å². The van der Waals surface area contributed by atoms with Crippen LogP contribution in [-0.2, 0) is 23.7 Å². The molecule has 3 saturated heterocycles. The molecule has 11 atom stereocenters. The Labute approximate surface area is 244 Å². The highest BCUT2D eigenvalue weighted by molar-refractivity contribution is 4.94. The number of aliphatic hydroxyl groups excluding tert-OH is 6. The fourth-order valence-electron chi connectivity index (χ4n) is 5.58. The molecule has 11 unspecified atom stereocenters. The molecule has 0 aromatic rings. The normalized spacial score (nSPS) is 37.9. The van der Waals surface area contributed by atoms with Crippen molar-refractivity contribution < 1.29 is 54.3 Å². The van der Waals surface area contributed by atoms with Gasteiger partial charge in [-0.15, -0.1) is 0 Å². The van der Waals surface area contributed by atoms with Gasteiger partial charge in [-0.05, 0) is 38.5 Å². The summed E-state index contributed by atoms with van der Waals surface area (Å²) >= 11 is 0. The van der Waals surface area contributed by atoms with Crippen LogP contribution < -0.4 is 0 Å². The van der Waals surface area contributed by atoms with Crippen molar-refractivity contribution in [3.05, 3.63) is 12.2 Å². The molecule has 0 aromatic carbocycles. The number of hydrogen-bond donors (Lipinski definition) is 6. The Morgan fingerprint density at radius 3 is 1.90 bits per heavy atom. The molecule has 3 aliphatic heterocycles. The van der Waals surface area contributed by atoms with E-state index in [1.807, 2.05) is 0 Å². The lowest BCUT2D eigenvalue weighted by Gasteiger charge is -2.48. The molecule has 0 aromatic heterocycles. The summed E-state index contributed by atoms with van der Waals surface area (Å²) in [7, 11) is 0. The number of ether oxygens (including phenoxy) is 5. The summed E-state index contributed by atoms with van der Waals surface area (Å²) in [5.74, 6) is 0. The highest BCUT2D eigenvalue weighted by Crippen LogP contribution is 2.32. The molecule has 0 bridgehead atoms. The van der Waals surface area contributed by atoms with Crippen LogP contribution in [0.15, 0.2) is 12.2 Å². The molecular weight excluding hydrogens is 536 g/mol. The second kappa shape index (κ2) is 18.9. The third-order valence-corrected chi connectivity index (χ3v) is 8.21. The van der Waals surface area contributed by atoms with Crippen LogP contribution in [0.25, 0.3) is 0 Å². The smallest absolute Gasteiger partial charge is 0.189 e. The van der Waals surface area contributed by atoms with E-state index >= 15 is 0 Å². The maximum Gasteiger partial charge on any atom is 0.189 e. The third-order valence-electron chi connectivity index (χ3n) is 8.21. The Bertz CT molecular complexity index is 721. The first-order chi connectivity index (χ1) is 19.9. The van der Waals surface area contributed by atoms with E-state index in [1.54, 1.807) is 0 Å². The largest absolute Gasteiger partial charge is 0.394 e. The van der Waals surface area contributed by atoms with E-state index in [9.17, 15) is 30.6 Å². The Balaban J connectivity index is 1.27. The molecule has 6 N–H and O–H groups in total. The minimum absolute atomic E-state index is 0.124. The molecule has 240 valence electrons. The van der Waals surface area contributed by atoms with Gasteiger partial charge in [0.25, 0.3) is 0 Å². The minimum atomic E-state index is -1.66. The van der Waals surface area contributed by atoms with E-state index in [-0.39, 0.29) is 6.61 Å². The summed E-state index contributed by atoms with van der Waals surface area (Å²) in [4.78, 5) is 0. The molecule has 11 nitrogen and oxygen atoms in total. The second-order valence-electron chi connectivity index (χ2n) is 11.6. The number of allylic oxidation sites excluding steroid dienone is 2. The highest BCUT2D eigenvalue weighted by Gasteiger charge is 2.52. The van der Waals surface area contributed by atoms with Gasteiger partial charge >= 0.3 is 0 Å². The van der Waals surface area contributed by atoms with Crippen molar-refractivity contribution in [3.63, 3.8) is 0 Å². The van der Waals surface area contributed by atoms with Crippen LogP contribution in [0.5, 0.6) is 0 Å². The van der Waals surface area contributed by atoms with Crippen LogP contribution in [0.4, 0.5) is 0 Å². The van der Waals surface area contributed by atoms with Gasteiger partial charge in [0.15, 0.2) is 18.9 Å². The molecule has 11 heteroatoms. The second-order valence-corrected chi connectivity index (χ2v) is 11.6. The highest BCUT2D eigenvalue weighted by atomic mass is 16.8. The predicted molar refractivity (Wildman–Crippen MR) is 150 cm³/mol. The molecule has 0 amide bonds. The first kappa shape index (κ1) is 34.8. The number of fused-ring (bicyclic) bond motifs is 1. The van der Waals surface area contributed by atoms with Gasteiger partial charge in [-0.1, -0.05) is 70.4 Å². The number of hydrogen-bond acceptors (Lipinski definition) is 11. The fourth-order valence-corrected chi connectivity index (χ4v) is 5.58. The number of rotatable bonds is 18. The zero-order chi connectivity index (χ0) is 29.6. The average Bonchev–Trinajstić information content (AvgIpc) is 2.98. The predicted octanol–water partition coefficient (Wildman–Crippen LogP) is 2.03. The molecule has 0 spiro atoms. The van der Waals surface area contributed by atoms with Crippen molar-refractivity contribution in [2.24, 2.45) is 0 Å². The van der Waals surface area contributed by atoms with Crippen LogP contribution in [-0.4, -0.2) is 112 Å². The van der Waals surface area contributed by atoms with E-state index in [0.29, 0.717) is 6.42 Å². The zero-order valence-electron chi connectivity index (χ0n) is 24.5. The molecular formula is C30H54O11. The lowest BCUT2D eigenvalue weighted by molar-refractivity contribution is -0.398. The van der Waals surface area contributed by atoms with Crippen molar-refractivity contribution in [2.75, 3.05) is 13.2 Å². The van der Waals surface area contributed by atoms with Crippen molar-refractivity contribution in [1.29, 1.82) is 0 Å². The third kappa shape index (κ3) is 10.8. The van der Waals surface area contributed by atoms with Gasteiger partial charge in [0, 0.05) is 0 Å². The topological polar surface area (TPSA) is 168 Å². The van der Waals surface area contributed by atoms with Gasteiger partial charge in [0.2, 0.25) is 0 Å². The number of unbranched alkanes of at least 4 members (excludes halogenated alkanes) is 11. The van der Waals surface area contributed by atoms with Gasteiger partial charge < -0.3 is 54.3 Å². The lowest BCUT2D eigenvalue weighted by atomic mass is 9.97. The summed E-state index contributed by atoms with van der Waals surface area (Å²) in [6, 6.07) is 0. The maximum atomic E-state index is 10.7. The Morgan fingerprint density at radius 2 is 1.24 bits per heavy atom. The number of aliphatic hydroxyl groups is 6. The Kier molecular flexibility index (Phi) is 16.0. The quantitative estimate of drug-likeness (QED) is 0.102.